The maximum absolute atomic E-state index is 12.5. The molecule has 3 aromatic carbocycles. The van der Waals surface area contributed by atoms with Crippen LogP contribution in [0.25, 0.3) is 10.8 Å². The van der Waals surface area contributed by atoms with Crippen LogP contribution in [0.3, 0.4) is 0 Å². The van der Waals surface area contributed by atoms with Crippen molar-refractivity contribution in [1.29, 1.82) is 5.26 Å². The first-order valence-electron chi connectivity index (χ1n) is 8.45. The van der Waals surface area contributed by atoms with E-state index in [1.807, 2.05) is 54.6 Å². The second kappa shape index (κ2) is 8.03. The first-order valence-corrected chi connectivity index (χ1v) is 8.83. The van der Waals surface area contributed by atoms with Crippen molar-refractivity contribution in [3.05, 3.63) is 82.9 Å². The van der Waals surface area contributed by atoms with Crippen molar-refractivity contribution in [1.82, 2.24) is 0 Å². The van der Waals surface area contributed by atoms with Gasteiger partial charge in [0, 0.05) is 10.9 Å². The molecule has 0 aliphatic carbocycles. The number of hydrogen-bond donors (Lipinski definition) is 0. The van der Waals surface area contributed by atoms with E-state index in [0.29, 0.717) is 5.02 Å². The minimum Gasteiger partial charge on any atom is -0.465 e. The van der Waals surface area contributed by atoms with Gasteiger partial charge in [0.2, 0.25) is 0 Å². The van der Waals surface area contributed by atoms with Gasteiger partial charge < -0.3 is 4.74 Å². The van der Waals surface area contributed by atoms with E-state index in [-0.39, 0.29) is 6.61 Å². The first-order chi connectivity index (χ1) is 12.7. The summed E-state index contributed by atoms with van der Waals surface area (Å²) in [7, 11) is 0. The number of fused-ring (bicyclic) bond motifs is 1. The summed E-state index contributed by atoms with van der Waals surface area (Å²) in [6.07, 6.45) is 0. The smallest absolute Gasteiger partial charge is 0.324 e. The molecule has 3 rings (SSSR count). The maximum atomic E-state index is 12.5. The minimum atomic E-state index is -0.943. The lowest BCUT2D eigenvalue weighted by molar-refractivity contribution is -0.146. The van der Waals surface area contributed by atoms with Crippen LogP contribution in [0.1, 0.15) is 24.0 Å². The molecule has 130 valence electrons. The van der Waals surface area contributed by atoms with Crippen LogP contribution in [0.4, 0.5) is 0 Å². The zero-order valence-electron chi connectivity index (χ0n) is 14.4. The van der Waals surface area contributed by atoms with Crippen molar-refractivity contribution in [2.75, 3.05) is 6.61 Å². The van der Waals surface area contributed by atoms with E-state index < -0.39 is 17.8 Å². The van der Waals surface area contributed by atoms with Crippen LogP contribution in [0, 0.1) is 17.2 Å². The largest absolute Gasteiger partial charge is 0.465 e. The molecule has 0 saturated carbocycles. The summed E-state index contributed by atoms with van der Waals surface area (Å²) in [4.78, 5) is 12.5. The Kier molecular flexibility index (Phi) is 5.55. The van der Waals surface area contributed by atoms with Crippen LogP contribution in [-0.4, -0.2) is 12.6 Å². The van der Waals surface area contributed by atoms with E-state index in [4.69, 9.17) is 16.3 Å². The molecule has 0 aliphatic rings. The summed E-state index contributed by atoms with van der Waals surface area (Å²) >= 11 is 6.03. The highest BCUT2D eigenvalue weighted by atomic mass is 35.5. The van der Waals surface area contributed by atoms with E-state index in [1.165, 1.54) is 0 Å². The number of rotatable bonds is 5. The molecule has 0 amide bonds. The molecular weight excluding hydrogens is 346 g/mol. The average Bonchev–Trinajstić information content (AvgIpc) is 2.67. The van der Waals surface area contributed by atoms with Crippen molar-refractivity contribution in [2.45, 2.75) is 12.8 Å². The molecule has 0 fully saturated rings. The van der Waals surface area contributed by atoms with Crippen molar-refractivity contribution < 1.29 is 9.53 Å². The molecule has 3 nitrogen and oxygen atoms in total. The quantitative estimate of drug-likeness (QED) is 0.576. The molecule has 0 radical (unpaired) electrons. The van der Waals surface area contributed by atoms with Crippen LogP contribution >= 0.6 is 11.6 Å². The number of carbonyl (C=O) groups is 1. The molecule has 0 saturated heterocycles. The van der Waals surface area contributed by atoms with E-state index in [1.54, 1.807) is 19.1 Å². The maximum Gasteiger partial charge on any atom is 0.324 e. The Labute approximate surface area is 157 Å². The molecule has 0 N–H and O–H groups in total. The van der Waals surface area contributed by atoms with Gasteiger partial charge in [-0.3, -0.25) is 4.79 Å². The second-order valence-corrected chi connectivity index (χ2v) is 6.39. The predicted molar refractivity (Wildman–Crippen MR) is 103 cm³/mol. The average molecular weight is 364 g/mol. The zero-order valence-corrected chi connectivity index (χ0v) is 15.1. The van der Waals surface area contributed by atoms with Crippen LogP contribution in [0.15, 0.2) is 66.7 Å². The van der Waals surface area contributed by atoms with E-state index in [9.17, 15) is 10.1 Å². The van der Waals surface area contributed by atoms with E-state index >= 15 is 0 Å². The normalized spacial score (nSPS) is 13.0. The summed E-state index contributed by atoms with van der Waals surface area (Å²) in [5.74, 6) is -1.90. The zero-order chi connectivity index (χ0) is 18.5. The minimum absolute atomic E-state index is 0.236. The van der Waals surface area contributed by atoms with Gasteiger partial charge in [-0.25, -0.2) is 0 Å². The van der Waals surface area contributed by atoms with E-state index in [2.05, 4.69) is 6.07 Å². The molecule has 26 heavy (non-hydrogen) atoms. The van der Waals surface area contributed by atoms with Crippen molar-refractivity contribution in [3.8, 4) is 6.07 Å². The molecule has 2 atom stereocenters. The van der Waals surface area contributed by atoms with E-state index in [0.717, 1.165) is 21.9 Å². The van der Waals surface area contributed by atoms with Gasteiger partial charge in [0.15, 0.2) is 5.92 Å². The topological polar surface area (TPSA) is 50.1 Å². The predicted octanol–water partition coefficient (Wildman–Crippen LogP) is 5.33. The fraction of sp³-hybridized carbons (Fsp3) is 0.182. The fourth-order valence-corrected chi connectivity index (χ4v) is 3.36. The van der Waals surface area contributed by atoms with Crippen molar-refractivity contribution >= 4 is 28.3 Å². The number of benzene rings is 3. The van der Waals surface area contributed by atoms with Gasteiger partial charge in [0.1, 0.15) is 0 Å². The number of esters is 1. The Morgan fingerprint density at radius 3 is 2.46 bits per heavy atom. The number of carbonyl (C=O) groups excluding carboxylic acids is 1. The van der Waals surface area contributed by atoms with Gasteiger partial charge in [-0.2, -0.15) is 5.26 Å². The van der Waals surface area contributed by atoms with Gasteiger partial charge in [0.25, 0.3) is 0 Å². The third kappa shape index (κ3) is 3.56. The highest BCUT2D eigenvalue weighted by Crippen LogP contribution is 2.37. The number of halogens is 1. The van der Waals surface area contributed by atoms with Crippen molar-refractivity contribution in [2.24, 2.45) is 5.92 Å². The lowest BCUT2D eigenvalue weighted by Crippen LogP contribution is -2.24. The van der Waals surface area contributed by atoms with Gasteiger partial charge in [-0.05, 0) is 41.0 Å². The molecular formula is C22H18ClNO2. The third-order valence-electron chi connectivity index (χ3n) is 4.40. The SMILES string of the molecule is CCOC(=O)C(C#N)C(c1ccc(Cl)cc1)c1cccc2ccccc12. The van der Waals surface area contributed by atoms with Gasteiger partial charge in [-0.15, -0.1) is 0 Å². The molecule has 0 heterocycles. The summed E-state index contributed by atoms with van der Waals surface area (Å²) in [6.45, 7) is 1.97. The number of nitrogens with zero attached hydrogens (tertiary/aromatic N) is 1. The number of ether oxygens (including phenoxy) is 1. The lowest BCUT2D eigenvalue weighted by atomic mass is 9.79. The molecule has 2 unspecified atom stereocenters. The van der Waals surface area contributed by atoms with Crippen LogP contribution in [0.2, 0.25) is 5.02 Å². The van der Waals surface area contributed by atoms with Gasteiger partial charge in [-0.1, -0.05) is 66.2 Å². The molecule has 0 aliphatic heterocycles. The second-order valence-electron chi connectivity index (χ2n) is 5.96. The molecule has 0 bridgehead atoms. The Hall–Kier alpha value is -2.83. The molecule has 0 aromatic heterocycles. The number of hydrogen-bond acceptors (Lipinski definition) is 3. The monoisotopic (exact) mass is 363 g/mol. The summed E-state index contributed by atoms with van der Waals surface area (Å²) in [5.41, 5.74) is 1.77. The molecule has 4 heteroatoms. The van der Waals surface area contributed by atoms with Crippen LogP contribution < -0.4 is 0 Å². The Morgan fingerprint density at radius 1 is 1.08 bits per heavy atom. The fourth-order valence-electron chi connectivity index (χ4n) is 3.24. The summed E-state index contributed by atoms with van der Waals surface area (Å²) in [6, 6.07) is 23.3. The third-order valence-corrected chi connectivity index (χ3v) is 4.65. The van der Waals surface area contributed by atoms with Gasteiger partial charge >= 0.3 is 5.97 Å². The van der Waals surface area contributed by atoms with Gasteiger partial charge in [0.05, 0.1) is 12.7 Å². The van der Waals surface area contributed by atoms with Crippen molar-refractivity contribution in [3.63, 3.8) is 0 Å². The van der Waals surface area contributed by atoms with Crippen LogP contribution in [0.5, 0.6) is 0 Å². The Bertz CT molecular complexity index is 955. The molecule has 0 spiro atoms. The number of nitriles is 1. The molecule has 3 aromatic rings. The highest BCUT2D eigenvalue weighted by Gasteiger charge is 2.33. The standard InChI is InChI=1S/C22H18ClNO2/c1-2-26-22(25)20(14-24)21(16-10-12-17(23)13-11-16)19-9-5-7-15-6-3-4-8-18(15)19/h3-13,20-21H,2H2,1H3. The Morgan fingerprint density at radius 2 is 1.77 bits per heavy atom. The van der Waals surface area contributed by atoms with Crippen LogP contribution in [-0.2, 0) is 9.53 Å². The Balaban J connectivity index is 2.21. The summed E-state index contributed by atoms with van der Waals surface area (Å²) in [5, 5.41) is 12.4. The lowest BCUT2D eigenvalue weighted by Gasteiger charge is -2.23. The summed E-state index contributed by atoms with van der Waals surface area (Å²) < 4.78 is 5.17. The first kappa shape index (κ1) is 18.0. The highest BCUT2D eigenvalue weighted by molar-refractivity contribution is 6.30.